The molecule has 4 rings (SSSR count). The molecule has 0 radical (unpaired) electrons. The first kappa shape index (κ1) is 14.4. The molecular formula is C17H19IN4. The number of piperidine rings is 1. The fourth-order valence-corrected chi connectivity index (χ4v) is 3.97. The predicted molar refractivity (Wildman–Crippen MR) is 98.1 cm³/mol. The Morgan fingerprint density at radius 3 is 2.77 bits per heavy atom. The van der Waals surface area contributed by atoms with Crippen LogP contribution in [0.5, 0.6) is 0 Å². The number of rotatable bonds is 2. The monoisotopic (exact) mass is 406 g/mol. The molecule has 2 aromatic heterocycles. The van der Waals surface area contributed by atoms with Gasteiger partial charge in [0.2, 0.25) is 0 Å². The highest BCUT2D eigenvalue weighted by Crippen LogP contribution is 2.30. The number of imidazole rings is 1. The summed E-state index contributed by atoms with van der Waals surface area (Å²) in [5, 5.41) is 1.22. The molecule has 114 valence electrons. The molecule has 0 unspecified atom stereocenters. The molecular weight excluding hydrogens is 387 g/mol. The van der Waals surface area contributed by atoms with Gasteiger partial charge in [0.1, 0.15) is 5.52 Å². The van der Waals surface area contributed by atoms with E-state index in [1.807, 2.05) is 12.5 Å². The summed E-state index contributed by atoms with van der Waals surface area (Å²) in [4.78, 5) is 11.7. The minimum Gasteiger partial charge on any atom is -0.327 e. The minimum absolute atomic E-state index is 0.552. The largest absolute Gasteiger partial charge is 0.327 e. The van der Waals surface area contributed by atoms with Gasteiger partial charge in [0.25, 0.3) is 0 Å². The second-order valence-corrected chi connectivity index (χ2v) is 7.22. The fourth-order valence-electron chi connectivity index (χ4n) is 3.48. The number of aromatic nitrogens is 3. The highest BCUT2D eigenvalue weighted by molar-refractivity contribution is 14.1. The van der Waals surface area contributed by atoms with Gasteiger partial charge in [-0.1, -0.05) is 6.92 Å². The topological polar surface area (TPSA) is 34.0 Å². The molecule has 0 amide bonds. The van der Waals surface area contributed by atoms with Crippen LogP contribution in [0, 0.1) is 3.57 Å². The van der Waals surface area contributed by atoms with Crippen molar-refractivity contribution in [1.29, 1.82) is 0 Å². The van der Waals surface area contributed by atoms with Crippen molar-refractivity contribution in [2.75, 3.05) is 19.6 Å². The van der Waals surface area contributed by atoms with Crippen molar-refractivity contribution < 1.29 is 0 Å². The molecule has 3 aromatic rings. The summed E-state index contributed by atoms with van der Waals surface area (Å²) < 4.78 is 3.63. The van der Waals surface area contributed by atoms with E-state index < -0.39 is 0 Å². The molecule has 1 saturated heterocycles. The van der Waals surface area contributed by atoms with Crippen molar-refractivity contribution in [3.63, 3.8) is 0 Å². The summed E-state index contributed by atoms with van der Waals surface area (Å²) in [5.74, 6) is 0. The average molecular weight is 406 g/mol. The van der Waals surface area contributed by atoms with E-state index in [4.69, 9.17) is 0 Å². The van der Waals surface area contributed by atoms with Crippen molar-refractivity contribution in [3.05, 3.63) is 34.3 Å². The third-order valence-corrected chi connectivity index (χ3v) is 5.43. The van der Waals surface area contributed by atoms with Crippen molar-refractivity contribution >= 4 is 44.5 Å². The van der Waals surface area contributed by atoms with Crippen LogP contribution < -0.4 is 0 Å². The Kier molecular flexibility index (Phi) is 3.78. The Labute approximate surface area is 143 Å². The van der Waals surface area contributed by atoms with Crippen molar-refractivity contribution in [1.82, 2.24) is 19.4 Å². The van der Waals surface area contributed by atoms with Crippen LogP contribution in [0.15, 0.2) is 30.7 Å². The average Bonchev–Trinajstić information content (AvgIpc) is 2.99. The maximum Gasteiger partial charge on any atom is 0.107 e. The lowest BCUT2D eigenvalue weighted by atomic mass is 10.0. The summed E-state index contributed by atoms with van der Waals surface area (Å²) in [7, 11) is 0. The van der Waals surface area contributed by atoms with Gasteiger partial charge in [0.15, 0.2) is 0 Å². The number of halogens is 1. The lowest BCUT2D eigenvalue weighted by molar-refractivity contribution is 0.196. The number of hydrogen-bond acceptors (Lipinski definition) is 3. The molecule has 4 nitrogen and oxygen atoms in total. The molecule has 0 atom stereocenters. The van der Waals surface area contributed by atoms with E-state index >= 15 is 0 Å². The second-order valence-electron chi connectivity index (χ2n) is 5.97. The van der Waals surface area contributed by atoms with Crippen LogP contribution in [0.1, 0.15) is 25.8 Å². The van der Waals surface area contributed by atoms with E-state index in [2.05, 4.69) is 67.1 Å². The Hall–Kier alpha value is -1.21. The molecule has 1 aromatic carbocycles. The van der Waals surface area contributed by atoms with Gasteiger partial charge in [0.05, 0.1) is 23.6 Å². The summed E-state index contributed by atoms with van der Waals surface area (Å²) in [6, 6.07) is 7.00. The standard InChI is InChI=1S/C17H19IN4/c1-2-21-7-5-13(6-8-21)22-11-20-16-10-19-15-4-3-12(18)9-14(15)17(16)22/h3-4,9-11,13H,2,5-8H2,1H3. The van der Waals surface area contributed by atoms with Crippen LogP contribution >= 0.6 is 22.6 Å². The van der Waals surface area contributed by atoms with Gasteiger partial charge >= 0.3 is 0 Å². The van der Waals surface area contributed by atoms with Gasteiger partial charge in [-0.15, -0.1) is 0 Å². The highest BCUT2D eigenvalue weighted by Gasteiger charge is 2.21. The Bertz CT molecular complexity index is 818. The first-order chi connectivity index (χ1) is 10.8. The fraction of sp³-hybridized carbons (Fsp3) is 0.412. The lowest BCUT2D eigenvalue weighted by Gasteiger charge is -2.32. The van der Waals surface area contributed by atoms with Crippen molar-refractivity contribution in [2.24, 2.45) is 0 Å². The number of benzene rings is 1. The summed E-state index contributed by atoms with van der Waals surface area (Å²) in [6.45, 7) is 5.76. The third-order valence-electron chi connectivity index (χ3n) is 4.76. The van der Waals surface area contributed by atoms with E-state index in [0.717, 1.165) is 17.6 Å². The van der Waals surface area contributed by atoms with E-state index in [-0.39, 0.29) is 0 Å². The Balaban J connectivity index is 1.83. The van der Waals surface area contributed by atoms with Crippen LogP contribution in [0.2, 0.25) is 0 Å². The normalized spacial score (nSPS) is 17.5. The molecule has 0 aliphatic carbocycles. The molecule has 0 spiro atoms. The van der Waals surface area contributed by atoms with Crippen molar-refractivity contribution in [3.8, 4) is 0 Å². The van der Waals surface area contributed by atoms with Gasteiger partial charge in [0, 0.05) is 28.1 Å². The zero-order chi connectivity index (χ0) is 15.1. The van der Waals surface area contributed by atoms with Crippen LogP contribution in [-0.2, 0) is 0 Å². The molecule has 5 heteroatoms. The van der Waals surface area contributed by atoms with Crippen LogP contribution in [-0.4, -0.2) is 39.1 Å². The van der Waals surface area contributed by atoms with E-state index in [1.54, 1.807) is 0 Å². The van der Waals surface area contributed by atoms with Gasteiger partial charge in [-0.25, -0.2) is 4.98 Å². The number of fused-ring (bicyclic) bond motifs is 3. The van der Waals surface area contributed by atoms with Crippen LogP contribution in [0.25, 0.3) is 21.9 Å². The summed E-state index contributed by atoms with van der Waals surface area (Å²) in [5.41, 5.74) is 3.31. The van der Waals surface area contributed by atoms with Gasteiger partial charge in [-0.2, -0.15) is 0 Å². The molecule has 0 saturated carbocycles. The first-order valence-electron chi connectivity index (χ1n) is 7.89. The highest BCUT2D eigenvalue weighted by atomic mass is 127. The van der Waals surface area contributed by atoms with Crippen molar-refractivity contribution in [2.45, 2.75) is 25.8 Å². The molecule has 1 aliphatic heterocycles. The number of likely N-dealkylation sites (tertiary alicyclic amines) is 1. The first-order valence-corrected chi connectivity index (χ1v) is 8.97. The van der Waals surface area contributed by atoms with E-state index in [9.17, 15) is 0 Å². The zero-order valence-electron chi connectivity index (χ0n) is 12.7. The van der Waals surface area contributed by atoms with Gasteiger partial charge in [-0.05, 0) is 60.2 Å². The Morgan fingerprint density at radius 1 is 1.18 bits per heavy atom. The molecule has 0 N–H and O–H groups in total. The molecule has 3 heterocycles. The Morgan fingerprint density at radius 2 is 2.00 bits per heavy atom. The SMILES string of the molecule is CCN1CCC(n2cnc3cnc4ccc(I)cc4c32)CC1. The van der Waals surface area contributed by atoms with Gasteiger partial charge < -0.3 is 9.47 Å². The molecule has 0 bridgehead atoms. The van der Waals surface area contributed by atoms with Crippen LogP contribution in [0.3, 0.4) is 0 Å². The lowest BCUT2D eigenvalue weighted by Crippen LogP contribution is -2.34. The molecule has 1 aliphatic rings. The smallest absolute Gasteiger partial charge is 0.107 e. The predicted octanol–water partition coefficient (Wildman–Crippen LogP) is 3.85. The molecule has 22 heavy (non-hydrogen) atoms. The van der Waals surface area contributed by atoms with Crippen LogP contribution in [0.4, 0.5) is 0 Å². The third kappa shape index (κ3) is 2.40. The molecule has 1 fully saturated rings. The summed E-state index contributed by atoms with van der Waals surface area (Å²) in [6.07, 6.45) is 6.32. The van der Waals surface area contributed by atoms with E-state index in [1.165, 1.54) is 40.4 Å². The number of nitrogens with zero attached hydrogens (tertiary/aromatic N) is 4. The van der Waals surface area contributed by atoms with Gasteiger partial charge in [-0.3, -0.25) is 4.98 Å². The minimum atomic E-state index is 0.552. The number of hydrogen-bond donors (Lipinski definition) is 0. The zero-order valence-corrected chi connectivity index (χ0v) is 14.8. The second kappa shape index (κ2) is 5.77. The quantitative estimate of drug-likeness (QED) is 0.607. The maximum atomic E-state index is 4.60. The maximum absolute atomic E-state index is 4.60. The summed E-state index contributed by atoms with van der Waals surface area (Å²) >= 11 is 2.37. The van der Waals surface area contributed by atoms with E-state index in [0.29, 0.717) is 6.04 Å². The number of pyridine rings is 1.